The van der Waals surface area contributed by atoms with Crippen LogP contribution in [0.1, 0.15) is 51.0 Å². The van der Waals surface area contributed by atoms with E-state index >= 15 is 0 Å². The summed E-state index contributed by atoms with van der Waals surface area (Å²) in [7, 11) is 0. The molecule has 1 radical (unpaired) electrons. The van der Waals surface area contributed by atoms with Gasteiger partial charge in [0.1, 0.15) is 0 Å². The topological polar surface area (TPSA) is 23.6 Å². The highest BCUT2D eigenvalue weighted by Gasteiger charge is 2.25. The van der Waals surface area contributed by atoms with Gasteiger partial charge in [0.15, 0.2) is 0 Å². The van der Waals surface area contributed by atoms with Crippen molar-refractivity contribution in [1.82, 2.24) is 9.80 Å². The van der Waals surface area contributed by atoms with Crippen LogP contribution in [0.3, 0.4) is 0 Å². The Morgan fingerprint density at radius 1 is 1.32 bits per heavy atom. The van der Waals surface area contributed by atoms with Crippen LogP contribution in [0, 0.1) is 6.92 Å². The van der Waals surface area contributed by atoms with Gasteiger partial charge in [-0.3, -0.25) is 4.79 Å². The molecule has 2 rings (SSSR count). The standard InChI is InChI=1S/C20H29Cl2N2O/c1-4-10-24(16(3)25)18-8-12-23(13-9-18)11-7-15(2)17-5-6-19(21)20(22)14-17/h5-6,14-15,18H,2,4,7-13H2,1,3H3. The molecule has 0 aliphatic carbocycles. The smallest absolute Gasteiger partial charge is 0.219 e. The predicted molar refractivity (Wildman–Crippen MR) is 106 cm³/mol. The van der Waals surface area contributed by atoms with Gasteiger partial charge in [-0.25, -0.2) is 0 Å². The van der Waals surface area contributed by atoms with Crippen molar-refractivity contribution >= 4 is 29.1 Å². The lowest BCUT2D eigenvalue weighted by molar-refractivity contribution is -0.132. The minimum absolute atomic E-state index is 0.206. The molecule has 1 heterocycles. The van der Waals surface area contributed by atoms with Crippen molar-refractivity contribution in [1.29, 1.82) is 0 Å². The lowest BCUT2D eigenvalue weighted by Gasteiger charge is -2.38. The van der Waals surface area contributed by atoms with E-state index in [1.807, 2.05) is 18.2 Å². The van der Waals surface area contributed by atoms with Gasteiger partial charge in [-0.05, 0) is 62.8 Å². The third-order valence-corrected chi connectivity index (χ3v) is 5.81. The van der Waals surface area contributed by atoms with E-state index in [1.165, 1.54) is 0 Å². The fourth-order valence-electron chi connectivity index (χ4n) is 3.56. The number of amides is 1. The zero-order chi connectivity index (χ0) is 18.4. The molecular formula is C20H29Cl2N2O. The normalized spacial score (nSPS) is 17.5. The highest BCUT2D eigenvalue weighted by Crippen LogP contribution is 2.28. The molecule has 1 aromatic carbocycles. The Morgan fingerprint density at radius 2 is 2.00 bits per heavy atom. The van der Waals surface area contributed by atoms with Gasteiger partial charge in [0.25, 0.3) is 0 Å². The van der Waals surface area contributed by atoms with Crippen LogP contribution in [0.2, 0.25) is 10.0 Å². The number of benzene rings is 1. The molecule has 1 atom stereocenters. The van der Waals surface area contributed by atoms with Crippen LogP contribution >= 0.6 is 23.2 Å². The summed E-state index contributed by atoms with van der Waals surface area (Å²) in [5, 5.41) is 1.18. The molecule has 139 valence electrons. The van der Waals surface area contributed by atoms with Crippen LogP contribution < -0.4 is 0 Å². The quantitative estimate of drug-likeness (QED) is 0.659. The Morgan fingerprint density at radius 3 is 2.56 bits per heavy atom. The maximum absolute atomic E-state index is 11.8. The van der Waals surface area contributed by atoms with E-state index in [-0.39, 0.29) is 11.8 Å². The summed E-state index contributed by atoms with van der Waals surface area (Å²) in [4.78, 5) is 16.4. The number of hydrogen-bond donors (Lipinski definition) is 0. The first-order valence-corrected chi connectivity index (χ1v) is 9.95. The molecule has 1 aliphatic heterocycles. The van der Waals surface area contributed by atoms with Crippen LogP contribution in [0.4, 0.5) is 0 Å². The molecule has 5 heteroatoms. The van der Waals surface area contributed by atoms with E-state index in [2.05, 4.69) is 23.6 Å². The van der Waals surface area contributed by atoms with Crippen LogP contribution in [0.25, 0.3) is 0 Å². The second kappa shape index (κ2) is 9.80. The number of carbonyl (C=O) groups excluding carboxylic acids is 1. The Bertz CT molecular complexity index is 571. The molecule has 1 saturated heterocycles. The fraction of sp³-hybridized carbons (Fsp3) is 0.600. The van der Waals surface area contributed by atoms with Crippen molar-refractivity contribution in [2.24, 2.45) is 0 Å². The summed E-state index contributed by atoms with van der Waals surface area (Å²) < 4.78 is 0. The minimum Gasteiger partial charge on any atom is -0.340 e. The maximum atomic E-state index is 11.8. The molecule has 0 aromatic heterocycles. The molecule has 1 aliphatic rings. The number of likely N-dealkylation sites (tertiary alicyclic amines) is 1. The molecule has 3 nitrogen and oxygen atoms in total. The van der Waals surface area contributed by atoms with Gasteiger partial charge in [-0.2, -0.15) is 0 Å². The van der Waals surface area contributed by atoms with E-state index in [0.29, 0.717) is 16.1 Å². The Hall–Kier alpha value is -0.770. The van der Waals surface area contributed by atoms with Crippen molar-refractivity contribution < 1.29 is 4.79 Å². The molecule has 1 aromatic rings. The number of carbonyl (C=O) groups is 1. The lowest BCUT2D eigenvalue weighted by atomic mass is 9.96. The highest BCUT2D eigenvalue weighted by molar-refractivity contribution is 6.42. The third-order valence-electron chi connectivity index (χ3n) is 5.08. The van der Waals surface area contributed by atoms with Crippen LogP contribution in [-0.2, 0) is 4.79 Å². The molecular weight excluding hydrogens is 355 g/mol. The number of rotatable bonds is 7. The maximum Gasteiger partial charge on any atom is 0.219 e. The molecule has 0 spiro atoms. The Balaban J connectivity index is 1.79. The van der Waals surface area contributed by atoms with Gasteiger partial charge in [0.2, 0.25) is 5.91 Å². The van der Waals surface area contributed by atoms with E-state index in [1.54, 1.807) is 6.92 Å². The van der Waals surface area contributed by atoms with Crippen molar-refractivity contribution in [3.8, 4) is 0 Å². The fourth-order valence-corrected chi connectivity index (χ4v) is 3.87. The number of halogens is 2. The average Bonchev–Trinajstić information content (AvgIpc) is 2.60. The van der Waals surface area contributed by atoms with Crippen LogP contribution in [0.15, 0.2) is 18.2 Å². The highest BCUT2D eigenvalue weighted by atomic mass is 35.5. The van der Waals surface area contributed by atoms with Crippen molar-refractivity contribution in [3.63, 3.8) is 0 Å². The largest absolute Gasteiger partial charge is 0.340 e. The first-order chi connectivity index (χ1) is 11.9. The zero-order valence-electron chi connectivity index (χ0n) is 15.3. The molecule has 0 bridgehead atoms. The number of nitrogens with zero attached hydrogens (tertiary/aromatic N) is 2. The van der Waals surface area contributed by atoms with Gasteiger partial charge in [0.05, 0.1) is 10.0 Å². The van der Waals surface area contributed by atoms with Gasteiger partial charge in [0, 0.05) is 32.6 Å². The number of piperidine rings is 1. The molecule has 25 heavy (non-hydrogen) atoms. The SMILES string of the molecule is [CH2]C(CCN1CCC(N(CCC)C(C)=O)CC1)c1ccc(Cl)c(Cl)c1. The lowest BCUT2D eigenvalue weighted by Crippen LogP contribution is -2.47. The van der Waals surface area contributed by atoms with Crippen LogP contribution in [0.5, 0.6) is 0 Å². The minimum atomic E-state index is 0.206. The van der Waals surface area contributed by atoms with Crippen LogP contribution in [-0.4, -0.2) is 47.9 Å². The molecule has 0 N–H and O–H groups in total. The summed E-state index contributed by atoms with van der Waals surface area (Å²) in [6.45, 7) is 12.1. The average molecular weight is 384 g/mol. The van der Waals surface area contributed by atoms with Gasteiger partial charge < -0.3 is 9.80 Å². The second-order valence-corrected chi connectivity index (χ2v) is 7.76. The summed E-state index contributed by atoms with van der Waals surface area (Å²) in [6, 6.07) is 6.17. The second-order valence-electron chi connectivity index (χ2n) is 6.94. The molecule has 1 unspecified atom stereocenters. The number of hydrogen-bond acceptors (Lipinski definition) is 2. The summed E-state index contributed by atoms with van der Waals surface area (Å²) in [6.07, 6.45) is 4.14. The van der Waals surface area contributed by atoms with E-state index in [9.17, 15) is 4.79 Å². The third kappa shape index (κ3) is 5.87. The predicted octanol–water partition coefficient (Wildman–Crippen LogP) is 5.02. The molecule has 1 fully saturated rings. The van der Waals surface area contributed by atoms with Crippen molar-refractivity contribution in [2.75, 3.05) is 26.2 Å². The van der Waals surface area contributed by atoms with E-state index in [4.69, 9.17) is 23.2 Å². The monoisotopic (exact) mass is 383 g/mol. The van der Waals surface area contributed by atoms with Gasteiger partial charge >= 0.3 is 0 Å². The van der Waals surface area contributed by atoms with Crippen molar-refractivity contribution in [3.05, 3.63) is 40.7 Å². The summed E-state index contributed by atoms with van der Waals surface area (Å²) in [5.41, 5.74) is 1.13. The van der Waals surface area contributed by atoms with Gasteiger partial charge in [-0.1, -0.05) is 36.2 Å². The summed E-state index contributed by atoms with van der Waals surface area (Å²) >= 11 is 12.1. The molecule has 0 saturated carbocycles. The first kappa shape index (κ1) is 20.5. The van der Waals surface area contributed by atoms with E-state index < -0.39 is 0 Å². The first-order valence-electron chi connectivity index (χ1n) is 9.20. The summed E-state index contributed by atoms with van der Waals surface area (Å²) in [5.74, 6) is 0.416. The van der Waals surface area contributed by atoms with Gasteiger partial charge in [-0.15, -0.1) is 0 Å². The molecule has 1 amide bonds. The zero-order valence-corrected chi connectivity index (χ0v) is 16.8. The van der Waals surface area contributed by atoms with Crippen molar-refractivity contribution in [2.45, 2.75) is 51.5 Å². The van der Waals surface area contributed by atoms with E-state index in [0.717, 1.165) is 57.4 Å². The Labute approximate surface area is 162 Å². The Kier molecular flexibility index (Phi) is 8.05.